The normalized spacial score (nSPS) is 18.9. The van der Waals surface area contributed by atoms with Crippen molar-refractivity contribution in [2.24, 2.45) is 5.92 Å². The van der Waals surface area contributed by atoms with Crippen molar-refractivity contribution >= 4 is 11.8 Å². The lowest BCUT2D eigenvalue weighted by molar-refractivity contribution is -0.137. The molecule has 0 spiro atoms. The lowest BCUT2D eigenvalue weighted by Crippen LogP contribution is -2.28. The molecule has 2 aromatic heterocycles. The van der Waals surface area contributed by atoms with E-state index in [4.69, 9.17) is 4.98 Å². The van der Waals surface area contributed by atoms with Gasteiger partial charge in [-0.2, -0.15) is 0 Å². The Bertz CT molecular complexity index is 1110. The van der Waals surface area contributed by atoms with E-state index < -0.39 is 5.97 Å². The van der Waals surface area contributed by atoms with Crippen LogP contribution in [0.5, 0.6) is 0 Å². The number of hydrogen-bond acceptors (Lipinski definition) is 5. The molecule has 2 N–H and O–H groups in total. The molecule has 0 aliphatic carbocycles. The minimum absolute atomic E-state index is 0.0342. The number of imidazole rings is 1. The van der Waals surface area contributed by atoms with Crippen molar-refractivity contribution < 1.29 is 9.90 Å². The van der Waals surface area contributed by atoms with Gasteiger partial charge in [-0.15, -0.1) is 0 Å². The van der Waals surface area contributed by atoms with Crippen LogP contribution in [0.2, 0.25) is 0 Å². The topological polar surface area (TPSA) is 83.3 Å². The second-order valence-electron chi connectivity index (χ2n) is 9.65. The van der Waals surface area contributed by atoms with Gasteiger partial charge in [-0.25, -0.2) is 9.97 Å². The number of carboxylic acids is 1. The Labute approximate surface area is 200 Å². The van der Waals surface area contributed by atoms with E-state index in [1.807, 2.05) is 22.9 Å². The Hall–Kier alpha value is -3.19. The molecule has 178 valence electrons. The summed E-state index contributed by atoms with van der Waals surface area (Å²) >= 11 is 0. The second kappa shape index (κ2) is 10.4. The molecule has 1 fully saturated rings. The molecule has 5 rings (SSSR count). The van der Waals surface area contributed by atoms with Crippen LogP contribution in [-0.4, -0.2) is 56.7 Å². The number of aryl methyl sites for hydroxylation is 2. The van der Waals surface area contributed by atoms with Crippen LogP contribution in [-0.2, 0) is 17.6 Å². The van der Waals surface area contributed by atoms with E-state index in [2.05, 4.69) is 39.5 Å². The third kappa shape index (κ3) is 5.47. The molecule has 3 aromatic rings. The van der Waals surface area contributed by atoms with E-state index in [1.165, 1.54) is 17.7 Å². The van der Waals surface area contributed by atoms with E-state index in [1.54, 1.807) is 12.5 Å². The number of pyridine rings is 1. The Balaban J connectivity index is 1.19. The highest BCUT2D eigenvalue weighted by molar-refractivity contribution is 5.68. The lowest BCUT2D eigenvalue weighted by Gasteiger charge is -2.24. The molecule has 2 unspecified atom stereocenters. The maximum Gasteiger partial charge on any atom is 0.304 e. The van der Waals surface area contributed by atoms with Crippen LogP contribution >= 0.6 is 0 Å². The number of hydrogen-bond donors (Lipinski definition) is 2. The Morgan fingerprint density at radius 2 is 2.21 bits per heavy atom. The number of aliphatic carboxylic acids is 1. The molecule has 34 heavy (non-hydrogen) atoms. The van der Waals surface area contributed by atoms with Crippen molar-refractivity contribution in [3.05, 3.63) is 71.9 Å². The number of fused-ring (bicyclic) bond motifs is 1. The third-order valence-corrected chi connectivity index (χ3v) is 7.17. The van der Waals surface area contributed by atoms with Gasteiger partial charge in [-0.3, -0.25) is 4.79 Å². The number of carboxylic acid groups (broad SMARTS) is 1. The fraction of sp³-hybridized carbons (Fsp3) is 0.444. The number of rotatable bonds is 9. The summed E-state index contributed by atoms with van der Waals surface area (Å²) in [5, 5.41) is 13.0. The number of carbonyl (C=O) groups is 1. The first-order chi connectivity index (χ1) is 16.6. The Morgan fingerprint density at radius 1 is 1.26 bits per heavy atom. The first kappa shape index (κ1) is 22.6. The summed E-state index contributed by atoms with van der Waals surface area (Å²) in [5.41, 5.74) is 4.59. The van der Waals surface area contributed by atoms with Gasteiger partial charge in [0.15, 0.2) is 0 Å². The maximum absolute atomic E-state index is 11.7. The maximum atomic E-state index is 11.7. The summed E-state index contributed by atoms with van der Waals surface area (Å²) < 4.78 is 1.96. The predicted molar refractivity (Wildman–Crippen MR) is 132 cm³/mol. The van der Waals surface area contributed by atoms with Crippen LogP contribution in [0, 0.1) is 5.92 Å². The van der Waals surface area contributed by atoms with Gasteiger partial charge in [0.05, 0.1) is 12.7 Å². The van der Waals surface area contributed by atoms with Gasteiger partial charge >= 0.3 is 5.97 Å². The zero-order chi connectivity index (χ0) is 23.3. The highest BCUT2D eigenvalue weighted by atomic mass is 16.4. The molecule has 0 bridgehead atoms. The second-order valence-corrected chi connectivity index (χ2v) is 9.65. The van der Waals surface area contributed by atoms with Crippen LogP contribution in [0.4, 0.5) is 5.82 Å². The van der Waals surface area contributed by atoms with Gasteiger partial charge in [0, 0.05) is 49.3 Å². The van der Waals surface area contributed by atoms with E-state index in [-0.39, 0.29) is 12.3 Å². The SMILES string of the molecule is O=C(O)CC(CN1CCC(CCc2ccc3c(n2)NCCC3)C1)c1cccc(-n2ccnc2)c1. The van der Waals surface area contributed by atoms with Gasteiger partial charge < -0.3 is 19.9 Å². The molecule has 1 aromatic carbocycles. The first-order valence-electron chi connectivity index (χ1n) is 12.4. The lowest BCUT2D eigenvalue weighted by atomic mass is 9.94. The van der Waals surface area contributed by atoms with Crippen LogP contribution in [0.1, 0.15) is 48.4 Å². The van der Waals surface area contributed by atoms with Crippen molar-refractivity contribution in [2.45, 2.75) is 44.4 Å². The van der Waals surface area contributed by atoms with Crippen LogP contribution in [0.3, 0.4) is 0 Å². The van der Waals surface area contributed by atoms with Gasteiger partial charge in [0.1, 0.15) is 5.82 Å². The summed E-state index contributed by atoms with van der Waals surface area (Å²) in [6, 6.07) is 12.6. The highest BCUT2D eigenvalue weighted by Crippen LogP contribution is 2.28. The van der Waals surface area contributed by atoms with Gasteiger partial charge in [0.25, 0.3) is 0 Å². The summed E-state index contributed by atoms with van der Waals surface area (Å²) in [4.78, 5) is 23.1. The Kier molecular flexibility index (Phi) is 6.90. The smallest absolute Gasteiger partial charge is 0.304 e. The van der Waals surface area contributed by atoms with E-state index >= 15 is 0 Å². The molecular formula is C27H33N5O2. The standard InChI is InChI=1S/C27H33N5O2/c33-26(34)16-23(22-3-1-5-25(15-22)32-14-12-28-19-32)18-31-13-10-20(17-31)6-8-24-9-7-21-4-2-11-29-27(21)30-24/h1,3,5,7,9,12,14-15,19-20,23H,2,4,6,8,10-11,13,16-18H2,(H,29,30)(H,33,34). The fourth-order valence-electron chi connectivity index (χ4n) is 5.34. The van der Waals surface area contributed by atoms with Gasteiger partial charge in [-0.05, 0) is 73.9 Å². The zero-order valence-corrected chi connectivity index (χ0v) is 19.6. The molecular weight excluding hydrogens is 426 g/mol. The number of aromatic nitrogens is 3. The van der Waals surface area contributed by atoms with Crippen molar-refractivity contribution in [2.75, 3.05) is 31.5 Å². The average molecular weight is 460 g/mol. The van der Waals surface area contributed by atoms with Gasteiger partial charge in [0.2, 0.25) is 0 Å². The number of likely N-dealkylation sites (tertiary alicyclic amines) is 1. The van der Waals surface area contributed by atoms with Crippen molar-refractivity contribution in [1.29, 1.82) is 0 Å². The number of nitrogens with zero attached hydrogens (tertiary/aromatic N) is 4. The predicted octanol–water partition coefficient (Wildman–Crippen LogP) is 4.14. The quantitative estimate of drug-likeness (QED) is 0.500. The van der Waals surface area contributed by atoms with Crippen LogP contribution < -0.4 is 5.32 Å². The minimum atomic E-state index is -0.749. The number of nitrogens with one attached hydrogen (secondary N) is 1. The molecule has 7 nitrogen and oxygen atoms in total. The summed E-state index contributed by atoms with van der Waals surface area (Å²) in [5.74, 6) is 0.925. The van der Waals surface area contributed by atoms with E-state index in [0.29, 0.717) is 5.92 Å². The molecule has 2 atom stereocenters. The fourth-order valence-corrected chi connectivity index (χ4v) is 5.34. The number of benzene rings is 1. The van der Waals surface area contributed by atoms with Crippen molar-refractivity contribution in [3.63, 3.8) is 0 Å². The molecule has 4 heterocycles. The highest BCUT2D eigenvalue weighted by Gasteiger charge is 2.26. The molecule has 0 radical (unpaired) electrons. The largest absolute Gasteiger partial charge is 0.481 e. The monoisotopic (exact) mass is 459 g/mol. The van der Waals surface area contributed by atoms with Crippen molar-refractivity contribution in [3.8, 4) is 5.69 Å². The first-order valence-corrected chi connectivity index (χ1v) is 12.4. The summed E-state index contributed by atoms with van der Waals surface area (Å²) in [6.45, 7) is 3.85. The molecule has 0 saturated carbocycles. The van der Waals surface area contributed by atoms with Crippen LogP contribution in [0.25, 0.3) is 5.69 Å². The third-order valence-electron chi connectivity index (χ3n) is 7.17. The van der Waals surface area contributed by atoms with Crippen molar-refractivity contribution in [1.82, 2.24) is 19.4 Å². The minimum Gasteiger partial charge on any atom is -0.481 e. The average Bonchev–Trinajstić information content (AvgIpc) is 3.55. The summed E-state index contributed by atoms with van der Waals surface area (Å²) in [6.07, 6.45) is 11.2. The van der Waals surface area contributed by atoms with Gasteiger partial charge in [-0.1, -0.05) is 18.2 Å². The molecule has 0 amide bonds. The summed E-state index contributed by atoms with van der Waals surface area (Å²) in [7, 11) is 0. The Morgan fingerprint density at radius 3 is 3.06 bits per heavy atom. The number of anilines is 1. The van der Waals surface area contributed by atoms with E-state index in [9.17, 15) is 9.90 Å². The molecule has 7 heteroatoms. The molecule has 1 saturated heterocycles. The van der Waals surface area contributed by atoms with E-state index in [0.717, 1.165) is 68.9 Å². The zero-order valence-electron chi connectivity index (χ0n) is 19.6. The van der Waals surface area contributed by atoms with Crippen LogP contribution in [0.15, 0.2) is 55.1 Å². The molecule has 2 aliphatic rings. The molecule has 2 aliphatic heterocycles.